The third kappa shape index (κ3) is 8.75. The fourth-order valence-electron chi connectivity index (χ4n) is 6.64. The number of halogens is 4. The molecule has 0 aliphatic heterocycles. The fraction of sp³-hybridized carbons (Fsp3) is 0.450. The van der Waals surface area contributed by atoms with Crippen molar-refractivity contribution in [2.75, 3.05) is 13.1 Å². The van der Waals surface area contributed by atoms with Crippen LogP contribution in [-0.2, 0) is 39.0 Å². The van der Waals surface area contributed by atoms with Gasteiger partial charge in [0.15, 0.2) is 0 Å². The second-order valence-corrected chi connectivity index (χ2v) is 21.5. The number of carbonyl (C=O) groups is 2. The van der Waals surface area contributed by atoms with Gasteiger partial charge in [-0.15, -0.1) is 0 Å². The molecular formula is C40H50F4N2O2Ti. The van der Waals surface area contributed by atoms with Crippen molar-refractivity contribution in [2.24, 2.45) is 10.8 Å². The Morgan fingerprint density at radius 1 is 0.592 bits per heavy atom. The topological polar surface area (TPSA) is 58.2 Å². The van der Waals surface area contributed by atoms with Gasteiger partial charge in [0.2, 0.25) is 0 Å². The predicted octanol–water partition coefficient (Wildman–Crippen LogP) is 8.15. The summed E-state index contributed by atoms with van der Waals surface area (Å²) in [5.41, 5.74) is -0.462. The zero-order valence-electron chi connectivity index (χ0n) is 29.6. The Balaban J connectivity index is 1.72. The fourth-order valence-corrected chi connectivity index (χ4v) is 15.5. The summed E-state index contributed by atoms with van der Waals surface area (Å²) in [6, 6.07) is 5.34. The number of carbonyl (C=O) groups excluding carboxylic acids is 2. The number of amides is 2. The molecule has 0 spiro atoms. The Kier molecular flexibility index (Phi) is 12.8. The molecule has 0 unspecified atom stereocenters. The van der Waals surface area contributed by atoms with Crippen molar-refractivity contribution in [1.29, 1.82) is 0 Å². The van der Waals surface area contributed by atoms with Crippen molar-refractivity contribution in [3.05, 3.63) is 107 Å². The van der Waals surface area contributed by atoms with Crippen LogP contribution < -0.4 is 18.4 Å². The van der Waals surface area contributed by atoms with Gasteiger partial charge < -0.3 is 0 Å². The van der Waals surface area contributed by atoms with Gasteiger partial charge in [0.1, 0.15) is 0 Å². The van der Waals surface area contributed by atoms with Crippen LogP contribution in [0.4, 0.5) is 17.6 Å². The van der Waals surface area contributed by atoms with Crippen LogP contribution in [0, 0.1) is 34.1 Å². The quantitative estimate of drug-likeness (QED) is 0.118. The number of hydrogen-bond acceptors (Lipinski definition) is 2. The van der Waals surface area contributed by atoms with E-state index in [4.69, 9.17) is 0 Å². The summed E-state index contributed by atoms with van der Waals surface area (Å²) in [4.78, 5) is 24.5. The number of unbranched alkanes of at least 4 members (excludes halogenated alkanes) is 2. The zero-order valence-corrected chi connectivity index (χ0v) is 31.1. The molecule has 0 saturated carbocycles. The molecule has 2 N–H and O–H groups in total. The van der Waals surface area contributed by atoms with Crippen molar-refractivity contribution in [1.82, 2.24) is 10.6 Å². The second-order valence-electron chi connectivity index (χ2n) is 15.2. The van der Waals surface area contributed by atoms with Gasteiger partial charge in [-0.05, 0) is 0 Å². The molecule has 2 aromatic rings. The molecule has 0 aromatic heterocycles. The van der Waals surface area contributed by atoms with Gasteiger partial charge in [-0.1, -0.05) is 0 Å². The first kappa shape index (κ1) is 38.6. The van der Waals surface area contributed by atoms with E-state index in [1.807, 2.05) is 65.8 Å². The summed E-state index contributed by atoms with van der Waals surface area (Å²) in [6.45, 7) is 11.8. The summed E-state index contributed by atoms with van der Waals surface area (Å²) >= 11 is -4.85. The predicted molar refractivity (Wildman–Crippen MR) is 187 cm³/mol. The molecule has 0 heterocycles. The maximum atomic E-state index is 17.0. The van der Waals surface area contributed by atoms with Crippen LogP contribution in [0.2, 0.25) is 8.45 Å². The van der Waals surface area contributed by atoms with Gasteiger partial charge in [0.25, 0.3) is 0 Å². The van der Waals surface area contributed by atoms with Crippen LogP contribution in [0.25, 0.3) is 0 Å². The van der Waals surface area contributed by atoms with Crippen molar-refractivity contribution < 1.29 is 43.7 Å². The number of aryl methyl sites for hydroxylation is 2. The van der Waals surface area contributed by atoms with Crippen LogP contribution >= 0.6 is 0 Å². The zero-order chi connectivity index (χ0) is 36.0. The van der Waals surface area contributed by atoms with E-state index in [2.05, 4.69) is 10.6 Å². The molecule has 2 aliphatic carbocycles. The molecule has 0 saturated heterocycles. The summed E-state index contributed by atoms with van der Waals surface area (Å²) in [5.74, 6) is -3.20. The molecule has 4 rings (SSSR count). The van der Waals surface area contributed by atoms with Gasteiger partial charge in [-0.25, -0.2) is 0 Å². The van der Waals surface area contributed by atoms with E-state index >= 15 is 17.6 Å². The van der Waals surface area contributed by atoms with Gasteiger partial charge in [-0.3, -0.25) is 0 Å². The summed E-state index contributed by atoms with van der Waals surface area (Å²) in [7, 11) is 0. The maximum absolute atomic E-state index is 17.0. The number of rotatable bonds is 14. The SMILES string of the molecule is CC(C)(C)C(=O)NCCCCc1ccc(F)[c]([Ti]([c]2c(F)ccc(CCCCNC(=O)C(C)(C)C)c2F)([CH]2C=CC=C2)[CH]2C=CC=C2)c1F. The van der Waals surface area contributed by atoms with E-state index in [0.717, 1.165) is 0 Å². The van der Waals surface area contributed by atoms with E-state index in [0.29, 0.717) is 49.9 Å². The minimum absolute atomic E-state index is 0.0745. The van der Waals surface area contributed by atoms with Crippen LogP contribution in [0.1, 0.15) is 78.4 Å². The first-order chi connectivity index (χ1) is 23.1. The first-order valence-electron chi connectivity index (χ1n) is 17.3. The molecule has 2 aliphatic rings. The van der Waals surface area contributed by atoms with E-state index in [9.17, 15) is 9.59 Å². The van der Waals surface area contributed by atoms with Crippen LogP contribution in [-0.4, -0.2) is 24.9 Å². The summed E-state index contributed by atoms with van der Waals surface area (Å²) in [6.07, 6.45) is 17.3. The van der Waals surface area contributed by atoms with Crippen molar-refractivity contribution >= 4 is 19.6 Å². The van der Waals surface area contributed by atoms with Crippen molar-refractivity contribution in [3.8, 4) is 0 Å². The van der Waals surface area contributed by atoms with Crippen LogP contribution in [0.3, 0.4) is 0 Å². The Bertz CT molecular complexity index is 1500. The molecule has 49 heavy (non-hydrogen) atoms. The molecule has 0 radical (unpaired) electrons. The molecular weight excluding hydrogens is 664 g/mol. The third-order valence-electron chi connectivity index (χ3n) is 9.40. The third-order valence-corrected chi connectivity index (χ3v) is 17.9. The van der Waals surface area contributed by atoms with Crippen molar-refractivity contribution in [2.45, 2.75) is 88.5 Å². The Labute approximate surface area is 292 Å². The van der Waals surface area contributed by atoms with Gasteiger partial charge in [0, 0.05) is 0 Å². The van der Waals surface area contributed by atoms with Gasteiger partial charge in [0.05, 0.1) is 0 Å². The average Bonchev–Trinajstić information content (AvgIpc) is 3.77. The van der Waals surface area contributed by atoms with E-state index < -0.39 is 59.1 Å². The van der Waals surface area contributed by atoms with E-state index in [-0.39, 0.29) is 32.4 Å². The van der Waals surface area contributed by atoms with E-state index in [1.54, 1.807) is 24.3 Å². The minimum atomic E-state index is -4.85. The molecule has 2 amide bonds. The molecule has 9 heteroatoms. The molecule has 264 valence electrons. The Morgan fingerprint density at radius 3 is 1.27 bits per heavy atom. The average molecular weight is 715 g/mol. The number of nitrogens with one attached hydrogen (secondary N) is 2. The number of allylic oxidation sites excluding steroid dienone is 8. The van der Waals surface area contributed by atoms with Crippen molar-refractivity contribution in [3.63, 3.8) is 0 Å². The molecule has 0 bridgehead atoms. The number of benzene rings is 2. The normalized spacial score (nSPS) is 15.1. The Morgan fingerprint density at radius 2 is 0.939 bits per heavy atom. The van der Waals surface area contributed by atoms with Gasteiger partial charge >= 0.3 is 294 Å². The standard InChI is InChI=1S/2C15H20F2NO.2C5H5.Ti/c2*1-15(2,3)14(19)18-9-5-4-6-11-7-8-12(16)10-13(11)17;2*1-2-4-5-3-1;/h2*7-8H,4-6,9H2,1-3H3,(H,18,19);2*1-5H;. The van der Waals surface area contributed by atoms with E-state index in [1.165, 1.54) is 24.3 Å². The molecule has 0 fully saturated rings. The summed E-state index contributed by atoms with van der Waals surface area (Å²) < 4.78 is 65.1. The number of hydrogen-bond donors (Lipinski definition) is 2. The molecule has 2 aromatic carbocycles. The van der Waals surface area contributed by atoms with Crippen LogP contribution in [0.5, 0.6) is 0 Å². The van der Waals surface area contributed by atoms with Gasteiger partial charge in [-0.2, -0.15) is 0 Å². The first-order valence-corrected chi connectivity index (χ1v) is 20.7. The molecule has 4 nitrogen and oxygen atoms in total. The van der Waals surface area contributed by atoms with Crippen LogP contribution in [0.15, 0.2) is 72.9 Å². The monoisotopic (exact) mass is 714 g/mol. The second kappa shape index (κ2) is 16.2. The summed E-state index contributed by atoms with van der Waals surface area (Å²) in [5, 5.41) is 5.80. The Hall–Kier alpha value is -3.23. The molecule has 0 atom stereocenters.